The Kier molecular flexibility index (Phi) is 4.19. The summed E-state index contributed by atoms with van der Waals surface area (Å²) in [5.74, 6) is -1.24. The molecule has 3 N–H and O–H groups in total. The number of ether oxygens (including phenoxy) is 1. The van der Waals surface area contributed by atoms with Crippen LogP contribution in [0, 0.1) is 0 Å². The highest BCUT2D eigenvalue weighted by Gasteiger charge is 2.24. The van der Waals surface area contributed by atoms with Crippen molar-refractivity contribution in [3.63, 3.8) is 0 Å². The molecule has 2 rings (SSSR count). The molecule has 1 aromatic carbocycles. The van der Waals surface area contributed by atoms with Crippen LogP contribution in [-0.2, 0) is 14.8 Å². The summed E-state index contributed by atoms with van der Waals surface area (Å²) in [4.78, 5) is 12.7. The highest BCUT2D eigenvalue weighted by molar-refractivity contribution is 7.89. The summed E-state index contributed by atoms with van der Waals surface area (Å²) < 4.78 is 28.0. The fourth-order valence-electron chi connectivity index (χ4n) is 2.00. The molecule has 0 atom stereocenters. The second-order valence-corrected chi connectivity index (χ2v) is 6.19. The number of nitrogens with zero attached hydrogens (tertiary/aromatic N) is 1. The first-order valence-electron chi connectivity index (χ1n) is 5.73. The van der Waals surface area contributed by atoms with Gasteiger partial charge in [0.25, 0.3) is 0 Å². The van der Waals surface area contributed by atoms with Crippen LogP contribution in [0.4, 0.5) is 5.69 Å². The molecule has 0 unspecified atom stereocenters. The summed E-state index contributed by atoms with van der Waals surface area (Å²) in [7, 11) is -4.08. The third-order valence-corrected chi connectivity index (χ3v) is 4.31. The fraction of sp³-hybridized carbons (Fsp3) is 0.364. The van der Waals surface area contributed by atoms with E-state index < -0.39 is 20.9 Å². The number of halogens is 1. The van der Waals surface area contributed by atoms with E-state index in [0.717, 1.165) is 6.07 Å². The SMILES string of the molecule is NS(=O)(=O)c1cc(C(=O)O)c(N2CCOCC2)cc1Cl. The lowest BCUT2D eigenvalue weighted by molar-refractivity contribution is 0.0696. The molecule has 1 fully saturated rings. The molecule has 0 radical (unpaired) electrons. The van der Waals surface area contributed by atoms with Crippen LogP contribution in [0.15, 0.2) is 17.0 Å². The first kappa shape index (κ1) is 15.0. The minimum atomic E-state index is -4.08. The van der Waals surface area contributed by atoms with E-state index in [2.05, 4.69) is 0 Å². The Bertz CT molecular complexity index is 640. The van der Waals surface area contributed by atoms with E-state index in [-0.39, 0.29) is 10.6 Å². The predicted octanol–water partition coefficient (Wildman–Crippen LogP) is 0.522. The smallest absolute Gasteiger partial charge is 0.337 e. The van der Waals surface area contributed by atoms with Crippen LogP contribution in [0.1, 0.15) is 10.4 Å². The number of hydrogen-bond acceptors (Lipinski definition) is 5. The topological polar surface area (TPSA) is 110 Å². The van der Waals surface area contributed by atoms with Gasteiger partial charge in [0, 0.05) is 13.1 Å². The normalized spacial score (nSPS) is 16.2. The molecule has 0 spiro atoms. The zero-order chi connectivity index (χ0) is 14.9. The second-order valence-electron chi connectivity index (χ2n) is 4.25. The van der Waals surface area contributed by atoms with Gasteiger partial charge in [0.15, 0.2) is 0 Å². The number of anilines is 1. The van der Waals surface area contributed by atoms with E-state index in [9.17, 15) is 18.3 Å². The van der Waals surface area contributed by atoms with Crippen LogP contribution in [0.3, 0.4) is 0 Å². The first-order valence-corrected chi connectivity index (χ1v) is 7.65. The predicted molar refractivity (Wildman–Crippen MR) is 72.8 cm³/mol. The second kappa shape index (κ2) is 5.57. The average Bonchev–Trinajstić information content (AvgIpc) is 2.37. The Hall–Kier alpha value is -1.35. The molecule has 110 valence electrons. The van der Waals surface area contributed by atoms with Crippen molar-refractivity contribution >= 4 is 33.3 Å². The molecule has 20 heavy (non-hydrogen) atoms. The highest BCUT2D eigenvalue weighted by Crippen LogP contribution is 2.31. The molecule has 1 heterocycles. The molecule has 0 saturated carbocycles. The maximum absolute atomic E-state index is 11.4. The number of carboxylic acids is 1. The number of hydrogen-bond donors (Lipinski definition) is 2. The number of morpholine rings is 1. The first-order chi connectivity index (χ1) is 9.30. The van der Waals surface area contributed by atoms with E-state index >= 15 is 0 Å². The minimum Gasteiger partial charge on any atom is -0.478 e. The van der Waals surface area contributed by atoms with Crippen molar-refractivity contribution in [2.24, 2.45) is 5.14 Å². The molecule has 0 bridgehead atoms. The van der Waals surface area contributed by atoms with Gasteiger partial charge in [0.1, 0.15) is 4.90 Å². The number of carbonyl (C=O) groups is 1. The molecule has 0 aliphatic carbocycles. The Morgan fingerprint density at radius 2 is 1.95 bits per heavy atom. The molecule has 0 aromatic heterocycles. The summed E-state index contributed by atoms with van der Waals surface area (Å²) in [6, 6.07) is 2.31. The van der Waals surface area contributed by atoms with Gasteiger partial charge < -0.3 is 14.7 Å². The Morgan fingerprint density at radius 1 is 1.35 bits per heavy atom. The number of primary sulfonamides is 1. The van der Waals surface area contributed by atoms with E-state index in [0.29, 0.717) is 32.0 Å². The molecule has 7 nitrogen and oxygen atoms in total. The van der Waals surface area contributed by atoms with Crippen LogP contribution in [0.5, 0.6) is 0 Å². The maximum Gasteiger partial charge on any atom is 0.337 e. The van der Waals surface area contributed by atoms with Crippen LogP contribution in [0.25, 0.3) is 0 Å². The molecule has 9 heteroatoms. The van der Waals surface area contributed by atoms with Gasteiger partial charge in [-0.1, -0.05) is 11.6 Å². The number of benzene rings is 1. The van der Waals surface area contributed by atoms with Crippen LogP contribution < -0.4 is 10.0 Å². The van der Waals surface area contributed by atoms with Crippen molar-refractivity contribution in [1.29, 1.82) is 0 Å². The molecule has 1 aliphatic rings. The number of rotatable bonds is 3. The summed E-state index contributed by atoms with van der Waals surface area (Å²) in [6.45, 7) is 1.94. The van der Waals surface area contributed by atoms with Crippen LogP contribution in [0.2, 0.25) is 5.02 Å². The summed E-state index contributed by atoms with van der Waals surface area (Å²) in [5, 5.41) is 14.2. The van der Waals surface area contributed by atoms with Crippen molar-refractivity contribution in [2.45, 2.75) is 4.90 Å². The van der Waals surface area contributed by atoms with Crippen LogP contribution >= 0.6 is 11.6 Å². The van der Waals surface area contributed by atoms with E-state index in [1.54, 1.807) is 4.90 Å². The third kappa shape index (κ3) is 3.04. The molecular weight excluding hydrogens is 308 g/mol. The van der Waals surface area contributed by atoms with Crippen LogP contribution in [-0.4, -0.2) is 45.8 Å². The Labute approximate surface area is 120 Å². The number of aromatic carboxylic acids is 1. The molecular formula is C11H13ClN2O5S. The maximum atomic E-state index is 11.4. The average molecular weight is 321 g/mol. The lowest BCUT2D eigenvalue weighted by atomic mass is 10.1. The number of carboxylic acid groups (broad SMARTS) is 1. The quantitative estimate of drug-likeness (QED) is 0.840. The number of sulfonamides is 1. The van der Waals surface area contributed by atoms with E-state index in [1.807, 2.05) is 0 Å². The Morgan fingerprint density at radius 3 is 2.45 bits per heavy atom. The van der Waals surface area contributed by atoms with E-state index in [4.69, 9.17) is 21.5 Å². The Balaban J connectivity index is 2.57. The van der Waals surface area contributed by atoms with Crippen molar-refractivity contribution in [1.82, 2.24) is 0 Å². The monoisotopic (exact) mass is 320 g/mol. The molecule has 1 saturated heterocycles. The summed E-state index contributed by atoms with van der Waals surface area (Å²) in [5.41, 5.74) is 0.207. The standard InChI is InChI=1S/C11H13ClN2O5S/c12-8-6-9(14-1-3-19-4-2-14)7(11(15)16)5-10(8)20(13,17)18/h5-6H,1-4H2,(H,15,16)(H2,13,17,18). The highest BCUT2D eigenvalue weighted by atomic mass is 35.5. The van der Waals surface area contributed by atoms with Gasteiger partial charge in [-0.2, -0.15) is 0 Å². The van der Waals surface area contributed by atoms with Gasteiger partial charge >= 0.3 is 5.97 Å². The zero-order valence-corrected chi connectivity index (χ0v) is 11.9. The van der Waals surface area contributed by atoms with Gasteiger partial charge in [0.2, 0.25) is 10.0 Å². The summed E-state index contributed by atoms with van der Waals surface area (Å²) in [6.07, 6.45) is 0. The molecule has 1 aromatic rings. The lowest BCUT2D eigenvalue weighted by Gasteiger charge is -2.30. The van der Waals surface area contributed by atoms with Crippen molar-refractivity contribution in [3.05, 3.63) is 22.7 Å². The van der Waals surface area contributed by atoms with Crippen molar-refractivity contribution < 1.29 is 23.1 Å². The van der Waals surface area contributed by atoms with Gasteiger partial charge in [-0.05, 0) is 12.1 Å². The van der Waals surface area contributed by atoms with Gasteiger partial charge in [0.05, 0.1) is 29.5 Å². The molecule has 0 amide bonds. The van der Waals surface area contributed by atoms with Crippen molar-refractivity contribution in [3.8, 4) is 0 Å². The van der Waals surface area contributed by atoms with Gasteiger partial charge in [-0.25, -0.2) is 18.4 Å². The van der Waals surface area contributed by atoms with Crippen molar-refractivity contribution in [2.75, 3.05) is 31.2 Å². The zero-order valence-electron chi connectivity index (χ0n) is 10.4. The minimum absolute atomic E-state index is 0.0982. The fourth-order valence-corrected chi connectivity index (χ4v) is 3.09. The third-order valence-electron chi connectivity index (χ3n) is 2.94. The lowest BCUT2D eigenvalue weighted by Crippen LogP contribution is -2.37. The van der Waals surface area contributed by atoms with Gasteiger partial charge in [-0.15, -0.1) is 0 Å². The molecule has 1 aliphatic heterocycles. The largest absolute Gasteiger partial charge is 0.478 e. The number of nitrogens with two attached hydrogens (primary N) is 1. The van der Waals surface area contributed by atoms with Gasteiger partial charge in [-0.3, -0.25) is 0 Å². The van der Waals surface area contributed by atoms with E-state index in [1.165, 1.54) is 6.07 Å². The summed E-state index contributed by atoms with van der Waals surface area (Å²) >= 11 is 5.90.